The van der Waals surface area contributed by atoms with Crippen LogP contribution in [0.25, 0.3) is 10.9 Å². The van der Waals surface area contributed by atoms with Crippen molar-refractivity contribution >= 4 is 17.2 Å². The van der Waals surface area contributed by atoms with E-state index in [0.717, 1.165) is 10.9 Å². The highest BCUT2D eigenvalue weighted by molar-refractivity contribution is 5.82. The van der Waals surface area contributed by atoms with Gasteiger partial charge in [-0.05, 0) is 6.07 Å². The van der Waals surface area contributed by atoms with Gasteiger partial charge in [0.1, 0.15) is 6.29 Å². The van der Waals surface area contributed by atoms with Crippen molar-refractivity contribution in [1.82, 2.24) is 4.98 Å². The number of rotatable bonds is 3. The Morgan fingerprint density at radius 1 is 1.33 bits per heavy atom. The Kier molecular flexibility index (Phi) is 2.74. The Morgan fingerprint density at radius 3 is 2.93 bits per heavy atom. The molecule has 76 valence electrons. The molecule has 1 N–H and O–H groups in total. The SMILES string of the molecule is O=CCC(O)c1cccc2cccnc12. The van der Waals surface area contributed by atoms with E-state index in [-0.39, 0.29) is 6.42 Å². The molecule has 0 aliphatic rings. The molecule has 1 atom stereocenters. The lowest BCUT2D eigenvalue weighted by Crippen LogP contribution is -1.99. The molecule has 1 heterocycles. The van der Waals surface area contributed by atoms with Crippen LogP contribution >= 0.6 is 0 Å². The largest absolute Gasteiger partial charge is 0.388 e. The average molecular weight is 201 g/mol. The zero-order valence-electron chi connectivity index (χ0n) is 8.13. The molecule has 3 nitrogen and oxygen atoms in total. The van der Waals surface area contributed by atoms with E-state index >= 15 is 0 Å². The van der Waals surface area contributed by atoms with E-state index < -0.39 is 6.10 Å². The fraction of sp³-hybridized carbons (Fsp3) is 0.167. The third-order valence-corrected chi connectivity index (χ3v) is 2.34. The molecule has 0 saturated carbocycles. The van der Waals surface area contributed by atoms with Crippen LogP contribution in [0.15, 0.2) is 36.5 Å². The molecule has 3 heteroatoms. The fourth-order valence-corrected chi connectivity index (χ4v) is 1.61. The number of aldehydes is 1. The van der Waals surface area contributed by atoms with E-state index in [1.54, 1.807) is 12.3 Å². The van der Waals surface area contributed by atoms with Gasteiger partial charge in [0.2, 0.25) is 0 Å². The van der Waals surface area contributed by atoms with E-state index in [0.29, 0.717) is 11.8 Å². The quantitative estimate of drug-likeness (QED) is 0.771. The molecule has 2 rings (SSSR count). The van der Waals surface area contributed by atoms with Crippen molar-refractivity contribution in [1.29, 1.82) is 0 Å². The second-order valence-electron chi connectivity index (χ2n) is 3.34. The third kappa shape index (κ3) is 1.87. The lowest BCUT2D eigenvalue weighted by Gasteiger charge is -2.09. The van der Waals surface area contributed by atoms with Crippen LogP contribution in [0.4, 0.5) is 0 Å². The minimum atomic E-state index is -0.763. The van der Waals surface area contributed by atoms with Crippen LogP contribution in [0, 0.1) is 0 Å². The number of nitrogens with zero attached hydrogens (tertiary/aromatic N) is 1. The van der Waals surface area contributed by atoms with E-state index in [2.05, 4.69) is 4.98 Å². The van der Waals surface area contributed by atoms with Gasteiger partial charge in [-0.1, -0.05) is 24.3 Å². The zero-order valence-corrected chi connectivity index (χ0v) is 8.13. The monoisotopic (exact) mass is 201 g/mol. The molecule has 1 aromatic carbocycles. The van der Waals surface area contributed by atoms with Crippen LogP contribution in [0.5, 0.6) is 0 Å². The Labute approximate surface area is 87.4 Å². The molecule has 0 amide bonds. The van der Waals surface area contributed by atoms with Crippen LogP contribution < -0.4 is 0 Å². The minimum Gasteiger partial charge on any atom is -0.388 e. The highest BCUT2D eigenvalue weighted by atomic mass is 16.3. The van der Waals surface area contributed by atoms with Gasteiger partial charge in [-0.2, -0.15) is 0 Å². The van der Waals surface area contributed by atoms with Gasteiger partial charge >= 0.3 is 0 Å². The summed E-state index contributed by atoms with van der Waals surface area (Å²) in [5.74, 6) is 0. The molecule has 0 spiro atoms. The summed E-state index contributed by atoms with van der Waals surface area (Å²) in [6, 6.07) is 9.36. The molecule has 0 aliphatic carbocycles. The molecule has 1 aromatic heterocycles. The molecule has 0 bridgehead atoms. The lowest BCUT2D eigenvalue weighted by molar-refractivity contribution is -0.109. The van der Waals surface area contributed by atoms with Crippen molar-refractivity contribution in [2.24, 2.45) is 0 Å². The maximum atomic E-state index is 10.3. The van der Waals surface area contributed by atoms with E-state index in [9.17, 15) is 9.90 Å². The molecule has 1 unspecified atom stereocenters. The van der Waals surface area contributed by atoms with E-state index in [1.165, 1.54) is 0 Å². The first-order valence-corrected chi connectivity index (χ1v) is 4.78. The molecule has 0 fully saturated rings. The molecule has 0 radical (unpaired) electrons. The number of hydrogen-bond donors (Lipinski definition) is 1. The number of hydrogen-bond acceptors (Lipinski definition) is 3. The first-order chi connectivity index (χ1) is 7.33. The Morgan fingerprint density at radius 2 is 2.13 bits per heavy atom. The molecular weight excluding hydrogens is 190 g/mol. The number of benzene rings is 1. The van der Waals surface area contributed by atoms with Crippen molar-refractivity contribution in [3.05, 3.63) is 42.1 Å². The second-order valence-corrected chi connectivity index (χ2v) is 3.34. The summed E-state index contributed by atoms with van der Waals surface area (Å²) in [6.07, 6.45) is 1.74. The maximum absolute atomic E-state index is 10.3. The van der Waals surface area contributed by atoms with Crippen LogP contribution in [-0.4, -0.2) is 16.4 Å². The van der Waals surface area contributed by atoms with Gasteiger partial charge in [0.25, 0.3) is 0 Å². The van der Waals surface area contributed by atoms with E-state index in [4.69, 9.17) is 0 Å². The van der Waals surface area contributed by atoms with Crippen molar-refractivity contribution in [2.75, 3.05) is 0 Å². The summed E-state index contributed by atoms with van der Waals surface area (Å²) in [5, 5.41) is 10.7. The highest BCUT2D eigenvalue weighted by Crippen LogP contribution is 2.23. The summed E-state index contributed by atoms with van der Waals surface area (Å²) in [4.78, 5) is 14.6. The summed E-state index contributed by atoms with van der Waals surface area (Å²) in [6.45, 7) is 0. The molecule has 0 aliphatic heterocycles. The van der Waals surface area contributed by atoms with Gasteiger partial charge in [-0.15, -0.1) is 0 Å². The van der Waals surface area contributed by atoms with E-state index in [1.807, 2.05) is 24.3 Å². The van der Waals surface area contributed by atoms with Crippen molar-refractivity contribution in [3.8, 4) is 0 Å². The predicted octanol–water partition coefficient (Wildman–Crippen LogP) is 1.86. The predicted molar refractivity (Wildman–Crippen MR) is 57.4 cm³/mol. The number of fused-ring (bicyclic) bond motifs is 1. The molecule has 2 aromatic rings. The number of aromatic nitrogens is 1. The van der Waals surface area contributed by atoms with Crippen molar-refractivity contribution in [2.45, 2.75) is 12.5 Å². The fourth-order valence-electron chi connectivity index (χ4n) is 1.61. The van der Waals surface area contributed by atoms with Gasteiger partial charge in [0, 0.05) is 23.6 Å². The Bertz CT molecular complexity index is 477. The number of aliphatic hydroxyl groups is 1. The first kappa shape index (κ1) is 9.80. The summed E-state index contributed by atoms with van der Waals surface area (Å²) >= 11 is 0. The lowest BCUT2D eigenvalue weighted by atomic mass is 10.0. The highest BCUT2D eigenvalue weighted by Gasteiger charge is 2.10. The number of carbonyl (C=O) groups excluding carboxylic acids is 1. The minimum absolute atomic E-state index is 0.107. The molecule has 15 heavy (non-hydrogen) atoms. The average Bonchev–Trinajstić information content (AvgIpc) is 2.28. The topological polar surface area (TPSA) is 50.2 Å². The van der Waals surface area contributed by atoms with Gasteiger partial charge < -0.3 is 9.90 Å². The Balaban J connectivity index is 2.55. The summed E-state index contributed by atoms with van der Waals surface area (Å²) < 4.78 is 0. The van der Waals surface area contributed by atoms with Crippen molar-refractivity contribution in [3.63, 3.8) is 0 Å². The van der Waals surface area contributed by atoms with Crippen LogP contribution in [0.2, 0.25) is 0 Å². The van der Waals surface area contributed by atoms with Crippen LogP contribution in [-0.2, 0) is 4.79 Å². The normalized spacial score (nSPS) is 12.6. The van der Waals surface area contributed by atoms with Gasteiger partial charge in [0.15, 0.2) is 0 Å². The molecule has 0 saturated heterocycles. The van der Waals surface area contributed by atoms with Crippen molar-refractivity contribution < 1.29 is 9.90 Å². The first-order valence-electron chi connectivity index (χ1n) is 4.78. The van der Waals surface area contributed by atoms with Crippen LogP contribution in [0.1, 0.15) is 18.1 Å². The van der Waals surface area contributed by atoms with Gasteiger partial charge in [-0.25, -0.2) is 0 Å². The molecular formula is C12H11NO2. The Hall–Kier alpha value is -1.74. The maximum Gasteiger partial charge on any atom is 0.122 e. The zero-order chi connectivity index (χ0) is 10.7. The third-order valence-electron chi connectivity index (χ3n) is 2.34. The number of pyridine rings is 1. The summed E-state index contributed by atoms with van der Waals surface area (Å²) in [5.41, 5.74) is 1.47. The van der Waals surface area contributed by atoms with Gasteiger partial charge in [-0.3, -0.25) is 4.98 Å². The second kappa shape index (κ2) is 4.19. The van der Waals surface area contributed by atoms with Gasteiger partial charge in [0.05, 0.1) is 11.6 Å². The number of para-hydroxylation sites is 1. The standard InChI is InChI=1S/C12H11NO2/c14-8-6-11(15)10-5-1-3-9-4-2-7-13-12(9)10/h1-5,7-8,11,15H,6H2. The summed E-state index contributed by atoms with van der Waals surface area (Å²) in [7, 11) is 0. The smallest absolute Gasteiger partial charge is 0.122 e. The number of aliphatic hydroxyl groups excluding tert-OH is 1. The number of carbonyl (C=O) groups is 1. The van der Waals surface area contributed by atoms with Crippen LogP contribution in [0.3, 0.4) is 0 Å².